The van der Waals surface area contributed by atoms with Gasteiger partial charge in [-0.15, -0.1) is 11.3 Å². The molecule has 0 aliphatic rings. The Morgan fingerprint density at radius 3 is 1.73 bits per heavy atom. The lowest BCUT2D eigenvalue weighted by Crippen LogP contribution is -2.12. The van der Waals surface area contributed by atoms with E-state index in [9.17, 15) is 0 Å². The Labute approximate surface area is 284 Å². The molecule has 0 radical (unpaired) electrons. The monoisotopic (exact) mass is 629 g/mol. The van der Waals surface area contributed by atoms with Gasteiger partial charge in [-0.25, -0.2) is 0 Å². The van der Waals surface area contributed by atoms with Gasteiger partial charge in [0.2, 0.25) is 0 Å². The molecular formula is C46H31NS. The van der Waals surface area contributed by atoms with Gasteiger partial charge in [0, 0.05) is 37.0 Å². The van der Waals surface area contributed by atoms with Crippen LogP contribution in [-0.2, 0) is 0 Å². The minimum absolute atomic E-state index is 1.11. The number of nitrogens with zero attached hydrogens (tertiary/aromatic N) is 1. The number of benzene rings is 8. The molecule has 0 unspecified atom stereocenters. The van der Waals surface area contributed by atoms with Gasteiger partial charge >= 0.3 is 0 Å². The van der Waals surface area contributed by atoms with Crippen molar-refractivity contribution in [1.29, 1.82) is 0 Å². The second kappa shape index (κ2) is 12.0. The van der Waals surface area contributed by atoms with E-state index >= 15 is 0 Å². The fourth-order valence-corrected chi connectivity index (χ4v) is 8.09. The van der Waals surface area contributed by atoms with Gasteiger partial charge in [0.1, 0.15) is 0 Å². The first-order valence-corrected chi connectivity index (χ1v) is 17.2. The fraction of sp³-hybridized carbons (Fsp3) is 0. The van der Waals surface area contributed by atoms with Crippen molar-refractivity contribution >= 4 is 59.3 Å². The summed E-state index contributed by atoms with van der Waals surface area (Å²) in [7, 11) is 0. The summed E-state index contributed by atoms with van der Waals surface area (Å²) in [6.45, 7) is 0. The molecule has 0 aliphatic heterocycles. The highest BCUT2D eigenvalue weighted by Gasteiger charge is 2.21. The quantitative estimate of drug-likeness (QED) is 0.177. The summed E-state index contributed by atoms with van der Waals surface area (Å²) in [6, 6.07) is 68.2. The third-order valence-electron chi connectivity index (χ3n) is 9.29. The topological polar surface area (TPSA) is 3.24 Å². The molecule has 0 bridgehead atoms. The van der Waals surface area contributed by atoms with E-state index in [1.165, 1.54) is 64.3 Å². The summed E-state index contributed by atoms with van der Waals surface area (Å²) in [5.41, 5.74) is 10.6. The molecule has 226 valence electrons. The molecule has 0 saturated heterocycles. The van der Waals surface area contributed by atoms with E-state index in [4.69, 9.17) is 0 Å². The van der Waals surface area contributed by atoms with Crippen LogP contribution >= 0.6 is 11.3 Å². The number of hydrogen-bond acceptors (Lipinski definition) is 2. The molecule has 0 spiro atoms. The lowest BCUT2D eigenvalue weighted by atomic mass is 9.95. The molecule has 0 amide bonds. The van der Waals surface area contributed by atoms with E-state index in [2.05, 4.69) is 193 Å². The van der Waals surface area contributed by atoms with Crippen LogP contribution in [-0.4, -0.2) is 0 Å². The highest BCUT2D eigenvalue weighted by molar-refractivity contribution is 7.25. The average molecular weight is 630 g/mol. The predicted octanol–water partition coefficient (Wildman–Crippen LogP) is 13.7. The average Bonchev–Trinajstić information content (AvgIpc) is 3.54. The summed E-state index contributed by atoms with van der Waals surface area (Å²) >= 11 is 1.86. The molecule has 0 aliphatic carbocycles. The number of rotatable bonds is 6. The Bertz CT molecular complexity index is 2560. The first-order chi connectivity index (χ1) is 23.8. The molecule has 0 atom stereocenters. The minimum atomic E-state index is 1.11. The van der Waals surface area contributed by atoms with E-state index in [1.807, 2.05) is 11.3 Å². The molecule has 2 heteroatoms. The van der Waals surface area contributed by atoms with Crippen LogP contribution in [0.2, 0.25) is 0 Å². The van der Waals surface area contributed by atoms with Crippen molar-refractivity contribution in [2.24, 2.45) is 0 Å². The molecule has 1 nitrogen and oxygen atoms in total. The molecule has 0 saturated carbocycles. The van der Waals surface area contributed by atoms with E-state index < -0.39 is 0 Å². The SMILES string of the molecule is c1ccc(-c2ccc(N(c3ccccc3-c3ccc4sc5ccccc5c4c3)c3ccccc3-c3cccc4ccccc34)cc2)cc1. The smallest absolute Gasteiger partial charge is 0.0540 e. The van der Waals surface area contributed by atoms with Crippen molar-refractivity contribution in [3.8, 4) is 33.4 Å². The molecule has 9 rings (SSSR count). The van der Waals surface area contributed by atoms with Crippen LogP contribution in [0, 0.1) is 0 Å². The number of hydrogen-bond donors (Lipinski definition) is 0. The number of thiophene rings is 1. The Morgan fingerprint density at radius 2 is 0.896 bits per heavy atom. The molecule has 8 aromatic carbocycles. The summed E-state index contributed by atoms with van der Waals surface area (Å²) < 4.78 is 2.63. The lowest BCUT2D eigenvalue weighted by molar-refractivity contribution is 1.28. The van der Waals surface area contributed by atoms with Crippen molar-refractivity contribution in [3.05, 3.63) is 188 Å². The summed E-state index contributed by atoms with van der Waals surface area (Å²) in [5, 5.41) is 5.10. The molecule has 0 N–H and O–H groups in total. The van der Waals surface area contributed by atoms with Gasteiger partial charge in [-0.3, -0.25) is 0 Å². The van der Waals surface area contributed by atoms with Crippen LogP contribution in [0.15, 0.2) is 188 Å². The molecule has 0 fully saturated rings. The molecular weight excluding hydrogens is 599 g/mol. The Morgan fingerprint density at radius 1 is 0.333 bits per heavy atom. The highest BCUT2D eigenvalue weighted by Crippen LogP contribution is 2.47. The second-order valence-corrected chi connectivity index (χ2v) is 13.2. The maximum absolute atomic E-state index is 2.44. The molecule has 48 heavy (non-hydrogen) atoms. The summed E-state index contributed by atoms with van der Waals surface area (Å²) in [6.07, 6.45) is 0. The van der Waals surface area contributed by atoms with Gasteiger partial charge in [-0.05, 0) is 75.5 Å². The fourth-order valence-electron chi connectivity index (χ4n) is 7.00. The third kappa shape index (κ3) is 4.95. The van der Waals surface area contributed by atoms with Gasteiger partial charge < -0.3 is 4.90 Å². The second-order valence-electron chi connectivity index (χ2n) is 12.1. The van der Waals surface area contributed by atoms with Gasteiger partial charge in [-0.1, -0.05) is 146 Å². The maximum Gasteiger partial charge on any atom is 0.0540 e. The van der Waals surface area contributed by atoms with Crippen LogP contribution in [0.1, 0.15) is 0 Å². The largest absolute Gasteiger partial charge is 0.309 e. The standard InChI is InChI=1S/C46H31NS/c1-2-13-32(14-3-1)33-25-28-36(29-26-33)47(44-23-10-7-19-40(44)39-21-12-16-34-15-4-5-17-37(34)39)43-22-9-6-18-38(43)35-27-30-46-42(31-35)41-20-8-11-24-45(41)48-46/h1-31H. The first-order valence-electron chi connectivity index (χ1n) is 16.4. The Hall–Kier alpha value is -5.96. The normalized spacial score (nSPS) is 11.3. The van der Waals surface area contributed by atoms with Crippen LogP contribution in [0.4, 0.5) is 17.1 Å². The Balaban J connectivity index is 1.27. The third-order valence-corrected chi connectivity index (χ3v) is 10.4. The highest BCUT2D eigenvalue weighted by atomic mass is 32.1. The van der Waals surface area contributed by atoms with E-state index in [0.717, 1.165) is 17.1 Å². The van der Waals surface area contributed by atoms with E-state index in [-0.39, 0.29) is 0 Å². The van der Waals surface area contributed by atoms with Crippen LogP contribution in [0.5, 0.6) is 0 Å². The first kappa shape index (κ1) is 28.3. The van der Waals surface area contributed by atoms with Crippen molar-refractivity contribution in [2.45, 2.75) is 0 Å². The van der Waals surface area contributed by atoms with Crippen molar-refractivity contribution in [3.63, 3.8) is 0 Å². The lowest BCUT2D eigenvalue weighted by Gasteiger charge is -2.30. The predicted molar refractivity (Wildman–Crippen MR) is 208 cm³/mol. The summed E-state index contributed by atoms with van der Waals surface area (Å²) in [4.78, 5) is 2.44. The Kier molecular flexibility index (Phi) is 7.07. The zero-order valence-electron chi connectivity index (χ0n) is 26.3. The van der Waals surface area contributed by atoms with Crippen LogP contribution in [0.25, 0.3) is 64.3 Å². The van der Waals surface area contributed by atoms with E-state index in [1.54, 1.807) is 0 Å². The van der Waals surface area contributed by atoms with Gasteiger partial charge in [0.25, 0.3) is 0 Å². The van der Waals surface area contributed by atoms with Crippen LogP contribution in [0.3, 0.4) is 0 Å². The summed E-state index contributed by atoms with van der Waals surface area (Å²) in [5.74, 6) is 0. The zero-order valence-corrected chi connectivity index (χ0v) is 27.1. The zero-order chi connectivity index (χ0) is 31.9. The van der Waals surface area contributed by atoms with Gasteiger partial charge in [-0.2, -0.15) is 0 Å². The van der Waals surface area contributed by atoms with Gasteiger partial charge in [0.15, 0.2) is 0 Å². The van der Waals surface area contributed by atoms with Crippen molar-refractivity contribution in [2.75, 3.05) is 4.90 Å². The number of para-hydroxylation sites is 2. The van der Waals surface area contributed by atoms with E-state index in [0.29, 0.717) is 0 Å². The minimum Gasteiger partial charge on any atom is -0.309 e. The number of anilines is 3. The van der Waals surface area contributed by atoms with Crippen molar-refractivity contribution < 1.29 is 0 Å². The molecule has 1 heterocycles. The molecule has 9 aromatic rings. The number of fused-ring (bicyclic) bond motifs is 4. The van der Waals surface area contributed by atoms with Crippen LogP contribution < -0.4 is 4.90 Å². The maximum atomic E-state index is 2.44. The van der Waals surface area contributed by atoms with Gasteiger partial charge in [0.05, 0.1) is 11.4 Å². The molecule has 1 aromatic heterocycles. The van der Waals surface area contributed by atoms with Crippen molar-refractivity contribution in [1.82, 2.24) is 0 Å².